The van der Waals surface area contributed by atoms with E-state index in [0.29, 0.717) is 11.1 Å². The lowest BCUT2D eigenvalue weighted by Crippen LogP contribution is -1.96. The van der Waals surface area contributed by atoms with Crippen molar-refractivity contribution in [3.05, 3.63) is 72.0 Å². The summed E-state index contributed by atoms with van der Waals surface area (Å²) in [4.78, 5) is 11.1. The Balaban J connectivity index is 2.33. The van der Waals surface area contributed by atoms with E-state index >= 15 is 0 Å². The monoisotopic (exact) mass is 266 g/mol. The fraction of sp³-hybridized carbons (Fsp3) is 0. The van der Waals surface area contributed by atoms with Crippen molar-refractivity contribution in [3.8, 4) is 11.1 Å². The van der Waals surface area contributed by atoms with Crippen LogP contribution in [-0.4, -0.2) is 11.1 Å². The third-order valence-corrected chi connectivity index (χ3v) is 3.29. The number of fused-ring (bicyclic) bond motifs is 1. The lowest BCUT2D eigenvalue weighted by atomic mass is 9.96. The minimum atomic E-state index is -0.991. The van der Waals surface area contributed by atoms with Crippen molar-refractivity contribution in [1.29, 1.82) is 0 Å². The molecule has 0 saturated heterocycles. The van der Waals surface area contributed by atoms with Crippen LogP contribution in [0, 0.1) is 5.82 Å². The predicted molar refractivity (Wildman–Crippen MR) is 76.3 cm³/mol. The zero-order valence-corrected chi connectivity index (χ0v) is 10.5. The highest BCUT2D eigenvalue weighted by molar-refractivity contribution is 6.01. The van der Waals surface area contributed by atoms with Crippen LogP contribution >= 0.6 is 0 Å². The second-order valence-corrected chi connectivity index (χ2v) is 4.53. The first-order valence-corrected chi connectivity index (χ1v) is 6.18. The Labute approximate surface area is 115 Å². The molecule has 0 unspecified atom stereocenters. The molecule has 98 valence electrons. The SMILES string of the molecule is O=C(O)c1ccc2cccc(-c3ccccc3F)c2c1. The first kappa shape index (κ1) is 12.4. The second-order valence-electron chi connectivity index (χ2n) is 4.53. The number of halogens is 1. The maximum atomic E-state index is 13.9. The van der Waals surface area contributed by atoms with E-state index in [1.54, 1.807) is 42.5 Å². The molecule has 3 aromatic carbocycles. The van der Waals surface area contributed by atoms with Crippen LogP contribution < -0.4 is 0 Å². The van der Waals surface area contributed by atoms with Crippen molar-refractivity contribution in [2.45, 2.75) is 0 Å². The lowest BCUT2D eigenvalue weighted by molar-refractivity contribution is 0.0697. The minimum absolute atomic E-state index is 0.196. The summed E-state index contributed by atoms with van der Waals surface area (Å²) in [6, 6.07) is 16.9. The van der Waals surface area contributed by atoms with Gasteiger partial charge in [-0.2, -0.15) is 0 Å². The largest absolute Gasteiger partial charge is 0.478 e. The summed E-state index contributed by atoms with van der Waals surface area (Å²) in [6.45, 7) is 0. The number of benzene rings is 3. The van der Waals surface area contributed by atoms with Gasteiger partial charge in [-0.25, -0.2) is 9.18 Å². The van der Waals surface area contributed by atoms with Crippen LogP contribution in [0.1, 0.15) is 10.4 Å². The molecule has 0 aliphatic carbocycles. The van der Waals surface area contributed by atoms with Gasteiger partial charge in [-0.3, -0.25) is 0 Å². The van der Waals surface area contributed by atoms with Crippen LogP contribution in [0.15, 0.2) is 60.7 Å². The van der Waals surface area contributed by atoms with Crippen LogP contribution in [-0.2, 0) is 0 Å². The summed E-state index contributed by atoms with van der Waals surface area (Å²) in [5, 5.41) is 10.7. The van der Waals surface area contributed by atoms with E-state index in [9.17, 15) is 9.18 Å². The van der Waals surface area contributed by atoms with Crippen LogP contribution in [0.25, 0.3) is 21.9 Å². The molecule has 0 aliphatic heterocycles. The van der Waals surface area contributed by atoms with Crippen molar-refractivity contribution in [2.24, 2.45) is 0 Å². The zero-order valence-electron chi connectivity index (χ0n) is 10.5. The van der Waals surface area contributed by atoms with Crippen molar-refractivity contribution in [3.63, 3.8) is 0 Å². The molecule has 0 aliphatic rings. The summed E-state index contributed by atoms with van der Waals surface area (Å²) in [5.74, 6) is -1.31. The second kappa shape index (κ2) is 4.78. The van der Waals surface area contributed by atoms with Gasteiger partial charge < -0.3 is 5.11 Å². The summed E-state index contributed by atoms with van der Waals surface area (Å²) in [6.07, 6.45) is 0. The fourth-order valence-corrected chi connectivity index (χ4v) is 2.32. The van der Waals surface area contributed by atoms with Crippen LogP contribution in [0.3, 0.4) is 0 Å². The molecule has 0 bridgehead atoms. The van der Waals surface area contributed by atoms with Crippen molar-refractivity contribution in [2.75, 3.05) is 0 Å². The highest BCUT2D eigenvalue weighted by Gasteiger charge is 2.10. The van der Waals surface area contributed by atoms with E-state index in [-0.39, 0.29) is 11.4 Å². The summed E-state index contributed by atoms with van der Waals surface area (Å²) < 4.78 is 13.9. The molecular weight excluding hydrogens is 255 g/mol. The van der Waals surface area contributed by atoms with Gasteiger partial charge in [-0.1, -0.05) is 42.5 Å². The highest BCUT2D eigenvalue weighted by atomic mass is 19.1. The van der Waals surface area contributed by atoms with Crippen molar-refractivity contribution < 1.29 is 14.3 Å². The van der Waals surface area contributed by atoms with Gasteiger partial charge in [0.2, 0.25) is 0 Å². The van der Waals surface area contributed by atoms with Crippen LogP contribution in [0.2, 0.25) is 0 Å². The van der Waals surface area contributed by atoms with Gasteiger partial charge in [0.15, 0.2) is 0 Å². The number of hydrogen-bond donors (Lipinski definition) is 1. The van der Waals surface area contributed by atoms with Gasteiger partial charge in [0.25, 0.3) is 0 Å². The average molecular weight is 266 g/mol. The molecule has 1 N–H and O–H groups in total. The molecule has 0 radical (unpaired) electrons. The van der Waals surface area contributed by atoms with E-state index in [1.165, 1.54) is 6.07 Å². The Morgan fingerprint density at radius 2 is 1.65 bits per heavy atom. The number of hydrogen-bond acceptors (Lipinski definition) is 1. The Bertz CT molecular complexity index is 809. The van der Waals surface area contributed by atoms with E-state index in [1.807, 2.05) is 12.1 Å². The molecule has 3 aromatic rings. The molecule has 3 rings (SSSR count). The number of aromatic carboxylic acids is 1. The third-order valence-electron chi connectivity index (χ3n) is 3.29. The Hall–Kier alpha value is -2.68. The Morgan fingerprint density at radius 1 is 0.900 bits per heavy atom. The lowest BCUT2D eigenvalue weighted by Gasteiger charge is -2.08. The number of carboxylic acids is 1. The smallest absolute Gasteiger partial charge is 0.335 e. The van der Waals surface area contributed by atoms with Gasteiger partial charge in [0, 0.05) is 5.56 Å². The molecule has 2 nitrogen and oxygen atoms in total. The number of carboxylic acid groups (broad SMARTS) is 1. The molecule has 20 heavy (non-hydrogen) atoms. The van der Waals surface area contributed by atoms with E-state index in [0.717, 1.165) is 10.8 Å². The third kappa shape index (κ3) is 2.03. The molecule has 0 saturated carbocycles. The zero-order chi connectivity index (χ0) is 14.1. The van der Waals surface area contributed by atoms with Crippen molar-refractivity contribution >= 4 is 16.7 Å². The van der Waals surface area contributed by atoms with Crippen molar-refractivity contribution in [1.82, 2.24) is 0 Å². The van der Waals surface area contributed by atoms with Gasteiger partial charge in [0.05, 0.1) is 5.56 Å². The van der Waals surface area contributed by atoms with E-state index in [2.05, 4.69) is 0 Å². The fourth-order valence-electron chi connectivity index (χ4n) is 2.32. The molecule has 0 aromatic heterocycles. The predicted octanol–water partition coefficient (Wildman–Crippen LogP) is 4.34. The van der Waals surface area contributed by atoms with Gasteiger partial charge >= 0.3 is 5.97 Å². The summed E-state index contributed by atoms with van der Waals surface area (Å²) >= 11 is 0. The van der Waals surface area contributed by atoms with Crippen LogP contribution in [0.5, 0.6) is 0 Å². The maximum Gasteiger partial charge on any atom is 0.335 e. The van der Waals surface area contributed by atoms with Gasteiger partial charge in [-0.15, -0.1) is 0 Å². The average Bonchev–Trinajstić information content (AvgIpc) is 2.46. The molecular formula is C17H11FO2. The molecule has 0 fully saturated rings. The normalized spacial score (nSPS) is 10.7. The highest BCUT2D eigenvalue weighted by Crippen LogP contribution is 2.31. The number of rotatable bonds is 2. The Morgan fingerprint density at radius 3 is 2.40 bits per heavy atom. The minimum Gasteiger partial charge on any atom is -0.478 e. The standard InChI is InChI=1S/C17H11FO2/c18-16-7-2-1-5-14(16)13-6-3-4-11-8-9-12(17(19)20)10-15(11)13/h1-10H,(H,19,20). The summed E-state index contributed by atoms with van der Waals surface area (Å²) in [7, 11) is 0. The maximum absolute atomic E-state index is 13.9. The molecule has 0 atom stereocenters. The molecule has 3 heteroatoms. The van der Waals surface area contributed by atoms with E-state index < -0.39 is 5.97 Å². The number of carbonyl (C=O) groups is 1. The van der Waals surface area contributed by atoms with E-state index in [4.69, 9.17) is 5.11 Å². The Kier molecular flexibility index (Phi) is 2.95. The quantitative estimate of drug-likeness (QED) is 0.749. The molecule has 0 heterocycles. The molecule has 0 amide bonds. The first-order chi connectivity index (χ1) is 9.66. The first-order valence-electron chi connectivity index (χ1n) is 6.18. The van der Waals surface area contributed by atoms with Crippen LogP contribution in [0.4, 0.5) is 4.39 Å². The topological polar surface area (TPSA) is 37.3 Å². The van der Waals surface area contributed by atoms with Gasteiger partial charge in [-0.05, 0) is 34.5 Å². The summed E-state index contributed by atoms with van der Waals surface area (Å²) in [5.41, 5.74) is 1.37. The molecule has 0 spiro atoms. The van der Waals surface area contributed by atoms with Gasteiger partial charge in [0.1, 0.15) is 5.82 Å².